The number of carbonyl (C=O) groups is 1. The van der Waals surface area contributed by atoms with Crippen molar-refractivity contribution in [2.45, 2.75) is 44.4 Å². The maximum atomic E-state index is 11.1. The summed E-state index contributed by atoms with van der Waals surface area (Å²) < 4.78 is 0. The number of benzene rings is 1. The van der Waals surface area contributed by atoms with Crippen LogP contribution in [0.25, 0.3) is 0 Å². The quantitative estimate of drug-likeness (QED) is 0.818. The second-order valence-electron chi connectivity index (χ2n) is 5.22. The maximum absolute atomic E-state index is 11.1. The number of hydrogen-bond acceptors (Lipinski definition) is 1. The second-order valence-corrected chi connectivity index (χ2v) is 5.22. The van der Waals surface area contributed by atoms with Gasteiger partial charge < -0.3 is 5.11 Å². The van der Waals surface area contributed by atoms with Crippen molar-refractivity contribution in [1.82, 2.24) is 0 Å². The van der Waals surface area contributed by atoms with Crippen molar-refractivity contribution in [1.29, 1.82) is 0 Å². The lowest BCUT2D eigenvalue weighted by Gasteiger charge is -2.35. The van der Waals surface area contributed by atoms with Gasteiger partial charge >= 0.3 is 5.97 Å². The summed E-state index contributed by atoms with van der Waals surface area (Å²) in [4.78, 5) is 11.1. The van der Waals surface area contributed by atoms with Crippen molar-refractivity contribution in [3.63, 3.8) is 0 Å². The van der Waals surface area contributed by atoms with Crippen LogP contribution >= 0.6 is 0 Å². The molecule has 0 unspecified atom stereocenters. The van der Waals surface area contributed by atoms with E-state index in [1.807, 2.05) is 24.3 Å². The predicted octanol–water partition coefficient (Wildman–Crippen LogP) is 3.92. The summed E-state index contributed by atoms with van der Waals surface area (Å²) in [7, 11) is 0. The molecule has 1 fully saturated rings. The van der Waals surface area contributed by atoms with Gasteiger partial charge in [-0.3, -0.25) is 0 Å². The third-order valence-electron chi connectivity index (χ3n) is 3.92. The lowest BCUT2D eigenvalue weighted by atomic mass is 9.68. The van der Waals surface area contributed by atoms with E-state index in [1.54, 1.807) is 6.92 Å². The van der Waals surface area contributed by atoms with Crippen LogP contribution in [0.3, 0.4) is 0 Å². The molecule has 2 heteroatoms. The van der Waals surface area contributed by atoms with Gasteiger partial charge in [-0.05, 0) is 25.3 Å². The van der Waals surface area contributed by atoms with E-state index in [9.17, 15) is 4.79 Å². The second kappa shape index (κ2) is 5.38. The van der Waals surface area contributed by atoms with Gasteiger partial charge in [0.25, 0.3) is 0 Å². The van der Waals surface area contributed by atoms with Crippen LogP contribution in [-0.2, 0) is 10.2 Å². The Hall–Kier alpha value is -1.57. The molecule has 0 bridgehead atoms. The normalized spacial score (nSPS) is 19.5. The summed E-state index contributed by atoms with van der Waals surface area (Å²) in [6, 6.07) is 10.3. The largest absolute Gasteiger partial charge is 0.478 e. The number of rotatable bonds is 3. The number of hydrogen-bond donors (Lipinski definition) is 1. The highest BCUT2D eigenvalue weighted by Crippen LogP contribution is 2.41. The summed E-state index contributed by atoms with van der Waals surface area (Å²) >= 11 is 0. The maximum Gasteiger partial charge on any atom is 0.330 e. The van der Waals surface area contributed by atoms with Crippen LogP contribution in [0.1, 0.15) is 44.6 Å². The molecule has 2 rings (SSSR count). The van der Waals surface area contributed by atoms with Crippen molar-refractivity contribution >= 4 is 5.97 Å². The Bertz CT molecular complexity index is 439. The third kappa shape index (κ3) is 2.63. The minimum Gasteiger partial charge on any atom is -0.478 e. The zero-order valence-electron chi connectivity index (χ0n) is 10.9. The summed E-state index contributed by atoms with van der Waals surface area (Å²) in [5, 5.41) is 9.11. The van der Waals surface area contributed by atoms with Gasteiger partial charge in [-0.25, -0.2) is 4.79 Å². The Morgan fingerprint density at radius 1 is 1.17 bits per heavy atom. The van der Waals surface area contributed by atoms with Gasteiger partial charge in [0, 0.05) is 11.0 Å². The van der Waals surface area contributed by atoms with E-state index in [-0.39, 0.29) is 5.41 Å². The molecule has 2 nitrogen and oxygen atoms in total. The summed E-state index contributed by atoms with van der Waals surface area (Å²) in [6.45, 7) is 1.70. The zero-order chi connectivity index (χ0) is 13.0. The molecule has 0 aromatic heterocycles. The Labute approximate surface area is 108 Å². The summed E-state index contributed by atoms with van der Waals surface area (Å²) in [6.07, 6.45) is 7.71. The minimum atomic E-state index is -0.809. The molecule has 1 aliphatic carbocycles. The molecule has 0 aliphatic heterocycles. The Morgan fingerprint density at radius 3 is 2.33 bits per heavy atom. The zero-order valence-corrected chi connectivity index (χ0v) is 10.9. The van der Waals surface area contributed by atoms with Gasteiger partial charge in [-0.1, -0.05) is 55.7 Å². The first-order chi connectivity index (χ1) is 8.64. The molecule has 0 radical (unpaired) electrons. The molecule has 96 valence electrons. The van der Waals surface area contributed by atoms with Crippen molar-refractivity contribution < 1.29 is 9.90 Å². The van der Waals surface area contributed by atoms with E-state index in [1.165, 1.54) is 24.8 Å². The van der Waals surface area contributed by atoms with Crippen molar-refractivity contribution in [2.24, 2.45) is 0 Å². The highest BCUT2D eigenvalue weighted by molar-refractivity contribution is 5.86. The van der Waals surface area contributed by atoms with Gasteiger partial charge in [0.1, 0.15) is 0 Å². The SMILES string of the molecule is CC(=CC1(c2ccccc2)CCCCC1)C(=O)O. The highest BCUT2D eigenvalue weighted by atomic mass is 16.4. The summed E-state index contributed by atoms with van der Waals surface area (Å²) in [5.41, 5.74) is 1.65. The number of allylic oxidation sites excluding steroid dienone is 1. The topological polar surface area (TPSA) is 37.3 Å². The fourth-order valence-corrected chi connectivity index (χ4v) is 2.95. The van der Waals surface area contributed by atoms with Crippen LogP contribution in [0.15, 0.2) is 42.0 Å². The molecule has 0 atom stereocenters. The number of carboxylic acids is 1. The van der Waals surface area contributed by atoms with E-state index in [0.717, 1.165) is 12.8 Å². The van der Waals surface area contributed by atoms with Crippen LogP contribution < -0.4 is 0 Å². The first kappa shape index (κ1) is 12.9. The molecule has 18 heavy (non-hydrogen) atoms. The Kier molecular flexibility index (Phi) is 3.85. The minimum absolute atomic E-state index is 0.0675. The molecule has 0 amide bonds. The molecule has 0 spiro atoms. The number of carboxylic acid groups (broad SMARTS) is 1. The summed E-state index contributed by atoms with van der Waals surface area (Å²) in [5.74, 6) is -0.809. The Morgan fingerprint density at radius 2 is 1.78 bits per heavy atom. The Balaban J connectivity index is 2.41. The number of aliphatic carboxylic acids is 1. The third-order valence-corrected chi connectivity index (χ3v) is 3.92. The highest BCUT2D eigenvalue weighted by Gasteiger charge is 2.32. The fraction of sp³-hybridized carbons (Fsp3) is 0.438. The molecule has 1 N–H and O–H groups in total. The van der Waals surface area contributed by atoms with E-state index < -0.39 is 5.97 Å². The average Bonchev–Trinajstić information content (AvgIpc) is 2.40. The van der Waals surface area contributed by atoms with Crippen molar-refractivity contribution in [3.8, 4) is 0 Å². The van der Waals surface area contributed by atoms with Gasteiger partial charge in [-0.15, -0.1) is 0 Å². The smallest absolute Gasteiger partial charge is 0.330 e. The lowest BCUT2D eigenvalue weighted by molar-refractivity contribution is -0.132. The van der Waals surface area contributed by atoms with Crippen LogP contribution in [0.4, 0.5) is 0 Å². The van der Waals surface area contributed by atoms with Crippen LogP contribution in [0.2, 0.25) is 0 Å². The predicted molar refractivity (Wildman–Crippen MR) is 72.6 cm³/mol. The first-order valence-electron chi connectivity index (χ1n) is 6.62. The fourth-order valence-electron chi connectivity index (χ4n) is 2.95. The van der Waals surface area contributed by atoms with Gasteiger partial charge in [0.2, 0.25) is 0 Å². The van der Waals surface area contributed by atoms with Crippen molar-refractivity contribution in [3.05, 3.63) is 47.5 Å². The molecule has 0 heterocycles. The molecule has 1 aromatic carbocycles. The van der Waals surface area contributed by atoms with Crippen LogP contribution in [0, 0.1) is 0 Å². The van der Waals surface area contributed by atoms with E-state index >= 15 is 0 Å². The van der Waals surface area contributed by atoms with Gasteiger partial charge in [0.05, 0.1) is 0 Å². The van der Waals surface area contributed by atoms with Crippen LogP contribution in [0.5, 0.6) is 0 Å². The molecular formula is C16H20O2. The molecular weight excluding hydrogens is 224 g/mol. The van der Waals surface area contributed by atoms with Gasteiger partial charge in [-0.2, -0.15) is 0 Å². The molecule has 1 saturated carbocycles. The van der Waals surface area contributed by atoms with E-state index in [4.69, 9.17) is 5.11 Å². The van der Waals surface area contributed by atoms with Gasteiger partial charge in [0.15, 0.2) is 0 Å². The van der Waals surface area contributed by atoms with Crippen molar-refractivity contribution in [2.75, 3.05) is 0 Å². The standard InChI is InChI=1S/C16H20O2/c1-13(15(17)18)12-16(10-6-3-7-11-16)14-8-4-2-5-9-14/h2,4-5,8-9,12H,3,6-7,10-11H2,1H3,(H,17,18). The molecule has 1 aromatic rings. The van der Waals surface area contributed by atoms with E-state index in [0.29, 0.717) is 5.57 Å². The van der Waals surface area contributed by atoms with Crippen LogP contribution in [-0.4, -0.2) is 11.1 Å². The monoisotopic (exact) mass is 244 g/mol. The first-order valence-corrected chi connectivity index (χ1v) is 6.62. The lowest BCUT2D eigenvalue weighted by Crippen LogP contribution is -2.27. The molecule has 1 aliphatic rings. The van der Waals surface area contributed by atoms with E-state index in [2.05, 4.69) is 12.1 Å². The molecule has 0 saturated heterocycles. The average molecular weight is 244 g/mol.